The molecule has 13 rings (SSSR count). The second-order valence-corrected chi connectivity index (χ2v) is 15.4. The van der Waals surface area contributed by atoms with Gasteiger partial charge in [0.25, 0.3) is 0 Å². The normalized spacial score (nSPS) is 13.3. The van der Waals surface area contributed by atoms with Gasteiger partial charge in [0.2, 0.25) is 0 Å². The van der Waals surface area contributed by atoms with Crippen LogP contribution in [0.15, 0.2) is 192 Å². The predicted molar refractivity (Wildman–Crippen MR) is 235 cm³/mol. The number of fused-ring (bicyclic) bond motifs is 16. The summed E-state index contributed by atoms with van der Waals surface area (Å²) in [5.41, 5.74) is 14.1. The molecule has 1 spiro atoms. The van der Waals surface area contributed by atoms with E-state index in [0.29, 0.717) is 17.5 Å². The molecule has 0 N–H and O–H groups in total. The molecule has 0 fully saturated rings. The van der Waals surface area contributed by atoms with Crippen LogP contribution in [0.1, 0.15) is 22.3 Å². The lowest BCUT2D eigenvalue weighted by Crippen LogP contribution is -2.25. The first-order valence-corrected chi connectivity index (χ1v) is 19.8. The highest BCUT2D eigenvalue weighted by Gasteiger charge is 2.51. The van der Waals surface area contributed by atoms with Crippen molar-refractivity contribution < 1.29 is 4.42 Å². The van der Waals surface area contributed by atoms with Gasteiger partial charge in [0.15, 0.2) is 17.5 Å². The lowest BCUT2D eigenvalue weighted by molar-refractivity contribution is 0.667. The lowest BCUT2D eigenvalue weighted by atomic mass is 9.70. The molecule has 0 saturated heterocycles. The molecule has 2 heterocycles. The number of hydrogen-bond acceptors (Lipinski definition) is 4. The quantitative estimate of drug-likeness (QED) is 0.169. The number of nitrogens with zero attached hydrogens (tertiary/aromatic N) is 3. The van der Waals surface area contributed by atoms with Crippen molar-refractivity contribution in [2.45, 2.75) is 5.41 Å². The zero-order valence-electron chi connectivity index (χ0n) is 31.1. The molecule has 0 saturated carbocycles. The number of para-hydroxylation sites is 1. The van der Waals surface area contributed by atoms with Crippen LogP contribution >= 0.6 is 0 Å². The molecule has 2 aliphatic rings. The maximum atomic E-state index is 7.06. The summed E-state index contributed by atoms with van der Waals surface area (Å²) < 4.78 is 7.06. The molecule has 0 bridgehead atoms. The van der Waals surface area contributed by atoms with Crippen molar-refractivity contribution in [3.8, 4) is 56.4 Å². The van der Waals surface area contributed by atoms with Crippen molar-refractivity contribution in [2.24, 2.45) is 0 Å². The molecule has 0 atom stereocenters. The van der Waals surface area contributed by atoms with E-state index in [4.69, 9.17) is 19.4 Å². The second kappa shape index (κ2) is 11.7. The van der Waals surface area contributed by atoms with Crippen molar-refractivity contribution in [3.05, 3.63) is 210 Å². The first-order chi connectivity index (χ1) is 28.8. The Morgan fingerprint density at radius 1 is 0.328 bits per heavy atom. The maximum absolute atomic E-state index is 7.06. The Hall–Kier alpha value is -7.69. The van der Waals surface area contributed by atoms with E-state index >= 15 is 0 Å². The van der Waals surface area contributed by atoms with Crippen LogP contribution in [0.2, 0.25) is 0 Å². The summed E-state index contributed by atoms with van der Waals surface area (Å²) in [6.45, 7) is 0. The fourth-order valence-corrected chi connectivity index (χ4v) is 10.1. The number of rotatable bonds is 3. The van der Waals surface area contributed by atoms with E-state index in [9.17, 15) is 0 Å². The Labute approximate surface area is 333 Å². The summed E-state index contributed by atoms with van der Waals surface area (Å²) >= 11 is 0. The summed E-state index contributed by atoms with van der Waals surface area (Å²) in [5, 5.41) is 6.70. The first-order valence-electron chi connectivity index (χ1n) is 19.8. The van der Waals surface area contributed by atoms with Crippen molar-refractivity contribution in [1.82, 2.24) is 15.0 Å². The third-order valence-electron chi connectivity index (χ3n) is 12.5. The first kappa shape index (κ1) is 31.5. The van der Waals surface area contributed by atoms with E-state index in [2.05, 4.69) is 170 Å². The number of benzene rings is 9. The fourth-order valence-electron chi connectivity index (χ4n) is 10.1. The van der Waals surface area contributed by atoms with Crippen molar-refractivity contribution >= 4 is 43.5 Å². The highest BCUT2D eigenvalue weighted by molar-refractivity contribution is 6.14. The van der Waals surface area contributed by atoms with Crippen molar-refractivity contribution in [2.75, 3.05) is 0 Å². The highest BCUT2D eigenvalue weighted by Crippen LogP contribution is 2.63. The number of hydrogen-bond donors (Lipinski definition) is 0. The summed E-state index contributed by atoms with van der Waals surface area (Å²) in [4.78, 5) is 15.6. The van der Waals surface area contributed by atoms with Gasteiger partial charge in [-0.3, -0.25) is 0 Å². The van der Waals surface area contributed by atoms with Crippen LogP contribution in [-0.2, 0) is 5.41 Å². The van der Waals surface area contributed by atoms with Gasteiger partial charge in [-0.1, -0.05) is 164 Å². The molecule has 0 amide bonds. The molecule has 0 aliphatic heterocycles. The van der Waals surface area contributed by atoms with Gasteiger partial charge in [-0.25, -0.2) is 15.0 Å². The van der Waals surface area contributed by atoms with Crippen LogP contribution in [0.5, 0.6) is 0 Å². The zero-order valence-corrected chi connectivity index (χ0v) is 31.1. The topological polar surface area (TPSA) is 51.8 Å². The molecule has 58 heavy (non-hydrogen) atoms. The van der Waals surface area contributed by atoms with Gasteiger partial charge in [-0.15, -0.1) is 0 Å². The third-order valence-corrected chi connectivity index (χ3v) is 12.5. The van der Waals surface area contributed by atoms with E-state index in [1.54, 1.807) is 0 Å². The molecular weight excluding hydrogens is 707 g/mol. The average molecular weight is 738 g/mol. The third kappa shape index (κ3) is 4.16. The van der Waals surface area contributed by atoms with Crippen LogP contribution < -0.4 is 0 Å². The van der Waals surface area contributed by atoms with E-state index in [1.165, 1.54) is 49.9 Å². The molecule has 0 unspecified atom stereocenters. The Morgan fingerprint density at radius 2 is 0.862 bits per heavy atom. The SMILES string of the molecule is c1ccc(-c2nc(-c3cc4ccccc4c4ccccc34)nc(-c3cccc4c3oc3cc5c(cc34)-c3ccccc3C53c4ccccc4-c4ccccc43)n2)cc1. The van der Waals surface area contributed by atoms with E-state index in [0.717, 1.165) is 54.8 Å². The monoisotopic (exact) mass is 737 g/mol. The van der Waals surface area contributed by atoms with E-state index in [1.807, 2.05) is 18.2 Å². The van der Waals surface area contributed by atoms with Crippen LogP contribution in [0, 0.1) is 0 Å². The zero-order chi connectivity index (χ0) is 38.0. The molecule has 4 nitrogen and oxygen atoms in total. The van der Waals surface area contributed by atoms with Crippen molar-refractivity contribution in [3.63, 3.8) is 0 Å². The minimum atomic E-state index is -0.453. The smallest absolute Gasteiger partial charge is 0.167 e. The Bertz CT molecular complexity index is 3480. The van der Waals surface area contributed by atoms with Gasteiger partial charge in [0, 0.05) is 21.9 Å². The molecule has 2 aliphatic carbocycles. The molecule has 268 valence electrons. The average Bonchev–Trinajstić information content (AvgIpc) is 3.92. The standard InChI is InChI=1S/C54H31N3O/c1-2-15-32(16-3-1)51-55-52(57-53(56-51)44-29-33-17-4-5-18-34(33)35-19-6-7-20-36(35)44)41-25-14-24-40-43-30-42-39-23-10-13-28-47(39)54(48(42)31-49(43)58-50(40)41)45-26-11-8-21-37(45)38-22-9-12-27-46(38)54/h1-31H. The molecular formula is C54H31N3O. The minimum Gasteiger partial charge on any atom is -0.455 e. The summed E-state index contributed by atoms with van der Waals surface area (Å²) in [7, 11) is 0. The minimum absolute atomic E-state index is 0.453. The van der Waals surface area contributed by atoms with Crippen LogP contribution in [0.25, 0.3) is 99.9 Å². The van der Waals surface area contributed by atoms with E-state index < -0.39 is 5.41 Å². The lowest BCUT2D eigenvalue weighted by Gasteiger charge is -2.30. The Morgan fingerprint density at radius 3 is 1.59 bits per heavy atom. The van der Waals surface area contributed by atoms with Gasteiger partial charge < -0.3 is 4.42 Å². The van der Waals surface area contributed by atoms with Gasteiger partial charge in [-0.05, 0) is 90.3 Å². The molecule has 0 radical (unpaired) electrons. The van der Waals surface area contributed by atoms with E-state index in [-0.39, 0.29) is 0 Å². The van der Waals surface area contributed by atoms with Gasteiger partial charge in [0.1, 0.15) is 11.2 Å². The largest absolute Gasteiger partial charge is 0.455 e. The number of furan rings is 1. The number of aromatic nitrogens is 3. The van der Waals surface area contributed by atoms with Crippen LogP contribution in [0.3, 0.4) is 0 Å². The van der Waals surface area contributed by atoms with Gasteiger partial charge in [0.05, 0.1) is 11.0 Å². The summed E-state index contributed by atoms with van der Waals surface area (Å²) in [6.07, 6.45) is 0. The fraction of sp³-hybridized carbons (Fsp3) is 0.0185. The second-order valence-electron chi connectivity index (χ2n) is 15.4. The summed E-state index contributed by atoms with van der Waals surface area (Å²) in [5.74, 6) is 1.80. The Kier molecular flexibility index (Phi) is 6.34. The summed E-state index contributed by atoms with van der Waals surface area (Å²) in [6, 6.07) is 67.1. The van der Waals surface area contributed by atoms with Gasteiger partial charge in [-0.2, -0.15) is 0 Å². The Balaban J connectivity index is 1.07. The maximum Gasteiger partial charge on any atom is 0.167 e. The highest BCUT2D eigenvalue weighted by atomic mass is 16.3. The molecule has 4 heteroatoms. The van der Waals surface area contributed by atoms with Gasteiger partial charge >= 0.3 is 0 Å². The molecule has 2 aromatic heterocycles. The van der Waals surface area contributed by atoms with Crippen molar-refractivity contribution in [1.29, 1.82) is 0 Å². The molecule has 11 aromatic rings. The molecule has 9 aromatic carbocycles. The van der Waals surface area contributed by atoms with Crippen LogP contribution in [0.4, 0.5) is 0 Å². The predicted octanol–water partition coefficient (Wildman–Crippen LogP) is 13.4. The van der Waals surface area contributed by atoms with Crippen LogP contribution in [-0.4, -0.2) is 15.0 Å².